The van der Waals surface area contributed by atoms with Gasteiger partial charge in [-0.25, -0.2) is 0 Å². The lowest BCUT2D eigenvalue weighted by Gasteiger charge is -2.37. The molecule has 0 bridgehead atoms. The van der Waals surface area contributed by atoms with Gasteiger partial charge in [-0.05, 0) is 68.5 Å². The zero-order valence-corrected chi connectivity index (χ0v) is 12.7. The van der Waals surface area contributed by atoms with Crippen molar-refractivity contribution < 1.29 is 4.79 Å². The molecule has 2 aliphatic rings. The molecule has 2 aliphatic heterocycles. The molecule has 3 nitrogen and oxygen atoms in total. The highest BCUT2D eigenvalue weighted by atomic mass is 16.2. The SMILES string of the molecule is Cc1cc(C)c2c(c1)N(C(=O)C(C)C1CNC1)CCC2. The van der Waals surface area contributed by atoms with Gasteiger partial charge in [0.05, 0.1) is 0 Å². The first-order chi connectivity index (χ1) is 9.58. The second kappa shape index (κ2) is 5.21. The Morgan fingerprint density at radius 1 is 1.35 bits per heavy atom. The van der Waals surface area contributed by atoms with Crippen LogP contribution in [0.1, 0.15) is 30.0 Å². The van der Waals surface area contributed by atoms with Crippen LogP contribution < -0.4 is 10.2 Å². The van der Waals surface area contributed by atoms with E-state index in [0.29, 0.717) is 11.8 Å². The van der Waals surface area contributed by atoms with Crippen molar-refractivity contribution in [3.63, 3.8) is 0 Å². The van der Waals surface area contributed by atoms with Crippen molar-refractivity contribution in [2.45, 2.75) is 33.6 Å². The quantitative estimate of drug-likeness (QED) is 0.897. The second-order valence-corrected chi connectivity index (χ2v) is 6.38. The lowest BCUT2D eigenvalue weighted by molar-refractivity contribution is -0.124. The number of anilines is 1. The van der Waals surface area contributed by atoms with E-state index in [1.54, 1.807) is 0 Å². The third kappa shape index (κ3) is 2.24. The molecular weight excluding hydrogens is 248 g/mol. The molecule has 20 heavy (non-hydrogen) atoms. The van der Waals surface area contributed by atoms with Crippen LogP contribution in [0.2, 0.25) is 0 Å². The third-order valence-corrected chi connectivity index (χ3v) is 4.87. The fraction of sp³-hybridized carbons (Fsp3) is 0.588. The van der Waals surface area contributed by atoms with E-state index in [1.165, 1.54) is 16.7 Å². The average molecular weight is 272 g/mol. The maximum absolute atomic E-state index is 12.8. The minimum absolute atomic E-state index is 0.128. The van der Waals surface area contributed by atoms with Crippen LogP contribution in [-0.2, 0) is 11.2 Å². The first kappa shape index (κ1) is 13.6. The molecule has 3 rings (SSSR count). The lowest BCUT2D eigenvalue weighted by Crippen LogP contribution is -2.51. The molecule has 1 unspecified atom stereocenters. The van der Waals surface area contributed by atoms with Crippen molar-refractivity contribution in [2.24, 2.45) is 11.8 Å². The standard InChI is InChI=1S/C17H24N2O/c1-11-7-12(2)15-5-4-6-19(16(15)8-11)17(20)13(3)14-9-18-10-14/h7-8,13-14,18H,4-6,9-10H2,1-3H3. The van der Waals surface area contributed by atoms with Gasteiger partial charge in [-0.2, -0.15) is 0 Å². The summed E-state index contributed by atoms with van der Waals surface area (Å²) in [5.41, 5.74) is 5.11. The van der Waals surface area contributed by atoms with E-state index in [2.05, 4.69) is 38.2 Å². The van der Waals surface area contributed by atoms with E-state index in [1.807, 2.05) is 4.90 Å². The Morgan fingerprint density at radius 3 is 2.75 bits per heavy atom. The summed E-state index contributed by atoms with van der Waals surface area (Å²) in [5, 5.41) is 3.27. The van der Waals surface area contributed by atoms with Crippen LogP contribution >= 0.6 is 0 Å². The number of carbonyl (C=O) groups excluding carboxylic acids is 1. The molecule has 0 radical (unpaired) electrons. The number of aryl methyl sites for hydroxylation is 2. The van der Waals surface area contributed by atoms with E-state index in [-0.39, 0.29) is 5.92 Å². The maximum atomic E-state index is 12.8. The molecule has 1 aromatic rings. The Morgan fingerprint density at radius 2 is 2.10 bits per heavy atom. The molecule has 1 N–H and O–H groups in total. The Balaban J connectivity index is 1.91. The first-order valence-corrected chi connectivity index (χ1v) is 7.70. The number of hydrogen-bond acceptors (Lipinski definition) is 2. The largest absolute Gasteiger partial charge is 0.316 e. The summed E-state index contributed by atoms with van der Waals surface area (Å²) in [6, 6.07) is 4.41. The molecule has 0 aliphatic carbocycles. The minimum atomic E-state index is 0.128. The summed E-state index contributed by atoms with van der Waals surface area (Å²) in [6.45, 7) is 9.22. The van der Waals surface area contributed by atoms with Crippen LogP contribution in [0.5, 0.6) is 0 Å². The van der Waals surface area contributed by atoms with E-state index in [4.69, 9.17) is 0 Å². The summed E-state index contributed by atoms with van der Waals surface area (Å²) < 4.78 is 0. The summed E-state index contributed by atoms with van der Waals surface area (Å²) in [4.78, 5) is 14.9. The van der Waals surface area contributed by atoms with Crippen LogP contribution in [0.15, 0.2) is 12.1 Å². The average Bonchev–Trinajstić information content (AvgIpc) is 2.35. The molecule has 3 heteroatoms. The highest BCUT2D eigenvalue weighted by molar-refractivity contribution is 5.96. The minimum Gasteiger partial charge on any atom is -0.316 e. The van der Waals surface area contributed by atoms with Gasteiger partial charge >= 0.3 is 0 Å². The molecule has 1 aromatic carbocycles. The van der Waals surface area contributed by atoms with Gasteiger partial charge in [0.2, 0.25) is 5.91 Å². The van der Waals surface area contributed by atoms with Crippen molar-refractivity contribution in [1.29, 1.82) is 0 Å². The molecule has 1 atom stereocenters. The van der Waals surface area contributed by atoms with Crippen molar-refractivity contribution in [3.05, 3.63) is 28.8 Å². The van der Waals surface area contributed by atoms with Gasteiger partial charge in [-0.1, -0.05) is 13.0 Å². The van der Waals surface area contributed by atoms with E-state index in [9.17, 15) is 4.79 Å². The van der Waals surface area contributed by atoms with Crippen LogP contribution in [0.25, 0.3) is 0 Å². The predicted molar refractivity (Wildman–Crippen MR) is 82.1 cm³/mol. The van der Waals surface area contributed by atoms with E-state index < -0.39 is 0 Å². The van der Waals surface area contributed by atoms with Gasteiger partial charge in [-0.3, -0.25) is 4.79 Å². The molecule has 1 fully saturated rings. The highest BCUT2D eigenvalue weighted by Gasteiger charge is 2.33. The number of benzene rings is 1. The highest BCUT2D eigenvalue weighted by Crippen LogP contribution is 2.33. The molecule has 1 saturated heterocycles. The smallest absolute Gasteiger partial charge is 0.230 e. The van der Waals surface area contributed by atoms with Crippen molar-refractivity contribution >= 4 is 11.6 Å². The summed E-state index contributed by atoms with van der Waals surface area (Å²) >= 11 is 0. The van der Waals surface area contributed by atoms with Crippen LogP contribution in [0.4, 0.5) is 5.69 Å². The number of nitrogens with zero attached hydrogens (tertiary/aromatic N) is 1. The Hall–Kier alpha value is -1.35. The van der Waals surface area contributed by atoms with Gasteiger partial charge in [0.1, 0.15) is 0 Å². The molecule has 1 amide bonds. The van der Waals surface area contributed by atoms with Crippen LogP contribution in [-0.4, -0.2) is 25.5 Å². The number of rotatable bonds is 2. The summed E-state index contributed by atoms with van der Waals surface area (Å²) in [5.74, 6) is 0.948. The van der Waals surface area contributed by atoms with Crippen LogP contribution in [0, 0.1) is 25.7 Å². The lowest BCUT2D eigenvalue weighted by atomic mass is 9.86. The number of nitrogens with one attached hydrogen (secondary N) is 1. The van der Waals surface area contributed by atoms with Crippen LogP contribution in [0.3, 0.4) is 0 Å². The molecule has 2 heterocycles. The molecule has 0 spiro atoms. The monoisotopic (exact) mass is 272 g/mol. The Kier molecular flexibility index (Phi) is 3.55. The number of carbonyl (C=O) groups is 1. The topological polar surface area (TPSA) is 32.3 Å². The zero-order chi connectivity index (χ0) is 14.3. The Bertz CT molecular complexity index is 534. The van der Waals surface area contributed by atoms with E-state index >= 15 is 0 Å². The van der Waals surface area contributed by atoms with Gasteiger partial charge in [0, 0.05) is 18.2 Å². The summed E-state index contributed by atoms with van der Waals surface area (Å²) in [7, 11) is 0. The van der Waals surface area contributed by atoms with Crippen molar-refractivity contribution in [3.8, 4) is 0 Å². The van der Waals surface area contributed by atoms with Gasteiger partial charge < -0.3 is 10.2 Å². The Labute approximate surface area is 121 Å². The molecule has 0 saturated carbocycles. The van der Waals surface area contributed by atoms with Crippen molar-refractivity contribution in [1.82, 2.24) is 5.32 Å². The number of fused-ring (bicyclic) bond motifs is 1. The number of hydrogen-bond donors (Lipinski definition) is 1. The fourth-order valence-electron chi connectivity index (χ4n) is 3.42. The summed E-state index contributed by atoms with van der Waals surface area (Å²) in [6.07, 6.45) is 2.18. The molecule has 0 aromatic heterocycles. The van der Waals surface area contributed by atoms with Crippen molar-refractivity contribution in [2.75, 3.05) is 24.5 Å². The van der Waals surface area contributed by atoms with Gasteiger partial charge in [-0.15, -0.1) is 0 Å². The third-order valence-electron chi connectivity index (χ3n) is 4.87. The first-order valence-electron chi connectivity index (χ1n) is 7.70. The predicted octanol–water partition coefficient (Wildman–Crippen LogP) is 2.44. The zero-order valence-electron chi connectivity index (χ0n) is 12.7. The number of amides is 1. The molecule has 108 valence electrons. The van der Waals surface area contributed by atoms with E-state index in [0.717, 1.165) is 38.2 Å². The van der Waals surface area contributed by atoms with Gasteiger partial charge in [0.15, 0.2) is 0 Å². The fourth-order valence-corrected chi connectivity index (χ4v) is 3.42. The maximum Gasteiger partial charge on any atom is 0.230 e. The van der Waals surface area contributed by atoms with Gasteiger partial charge in [0.25, 0.3) is 0 Å². The molecular formula is C17H24N2O. The normalized spacial score (nSPS) is 20.2. The second-order valence-electron chi connectivity index (χ2n) is 6.38.